The fourth-order valence-electron chi connectivity index (χ4n) is 1.84. The van der Waals surface area contributed by atoms with Crippen LogP contribution in [0.3, 0.4) is 0 Å². The Morgan fingerprint density at radius 1 is 0.952 bits per heavy atom. The summed E-state index contributed by atoms with van der Waals surface area (Å²) in [6.45, 7) is 1.91. The highest BCUT2D eigenvalue weighted by molar-refractivity contribution is 6.43. The number of benzene rings is 2. The number of hydrogen-bond acceptors (Lipinski definition) is 3. The van der Waals surface area contributed by atoms with Gasteiger partial charge in [0, 0.05) is 5.69 Å². The minimum absolute atomic E-state index is 0.449. The van der Waals surface area contributed by atoms with Crippen molar-refractivity contribution in [3.8, 4) is 5.75 Å². The number of carbonyl (C=O) groups excluding carboxylic acids is 2. The average molecular weight is 284 g/mol. The van der Waals surface area contributed by atoms with Crippen molar-refractivity contribution in [1.82, 2.24) is 0 Å². The van der Waals surface area contributed by atoms with E-state index < -0.39 is 11.8 Å². The van der Waals surface area contributed by atoms with Gasteiger partial charge < -0.3 is 15.4 Å². The Morgan fingerprint density at radius 3 is 2.38 bits per heavy atom. The van der Waals surface area contributed by atoms with Crippen LogP contribution >= 0.6 is 0 Å². The molecule has 21 heavy (non-hydrogen) atoms. The fourth-order valence-corrected chi connectivity index (χ4v) is 1.84. The molecule has 0 unspecified atom stereocenters. The second kappa shape index (κ2) is 6.56. The topological polar surface area (TPSA) is 67.4 Å². The summed E-state index contributed by atoms with van der Waals surface area (Å²) in [5.74, 6) is -0.985. The van der Waals surface area contributed by atoms with E-state index >= 15 is 0 Å². The quantitative estimate of drug-likeness (QED) is 0.851. The molecule has 0 radical (unpaired) electrons. The van der Waals surface area contributed by atoms with Gasteiger partial charge in [0.15, 0.2) is 0 Å². The van der Waals surface area contributed by atoms with E-state index in [-0.39, 0.29) is 0 Å². The van der Waals surface area contributed by atoms with Crippen LogP contribution in [0.5, 0.6) is 5.75 Å². The second-order valence-electron chi connectivity index (χ2n) is 4.48. The third-order valence-electron chi connectivity index (χ3n) is 2.84. The summed E-state index contributed by atoms with van der Waals surface area (Å²) in [5.41, 5.74) is 2.03. The summed E-state index contributed by atoms with van der Waals surface area (Å²) < 4.78 is 5.11. The van der Waals surface area contributed by atoms with Gasteiger partial charge in [-0.25, -0.2) is 0 Å². The molecule has 2 rings (SSSR count). The van der Waals surface area contributed by atoms with Gasteiger partial charge in [-0.2, -0.15) is 0 Å². The smallest absolute Gasteiger partial charge is 0.314 e. The Labute approximate surface area is 122 Å². The minimum atomic E-state index is -0.749. The number of aryl methyl sites for hydroxylation is 1. The molecule has 0 spiro atoms. The maximum absolute atomic E-state index is 11.9. The van der Waals surface area contributed by atoms with Gasteiger partial charge in [-0.3, -0.25) is 9.59 Å². The van der Waals surface area contributed by atoms with Crippen LogP contribution < -0.4 is 15.4 Å². The van der Waals surface area contributed by atoms with Crippen LogP contribution in [0.4, 0.5) is 11.4 Å². The maximum atomic E-state index is 11.9. The van der Waals surface area contributed by atoms with Crippen LogP contribution in [0.15, 0.2) is 48.5 Å². The molecule has 0 aliphatic heterocycles. The third kappa shape index (κ3) is 3.82. The Morgan fingerprint density at radius 2 is 1.67 bits per heavy atom. The minimum Gasteiger partial charge on any atom is -0.495 e. The van der Waals surface area contributed by atoms with E-state index in [1.807, 2.05) is 19.1 Å². The first-order valence-electron chi connectivity index (χ1n) is 6.42. The molecule has 0 aromatic heterocycles. The normalized spacial score (nSPS) is 9.81. The zero-order valence-electron chi connectivity index (χ0n) is 11.8. The first kappa shape index (κ1) is 14.6. The Bertz CT molecular complexity index is 668. The van der Waals surface area contributed by atoms with Crippen LogP contribution in [0.2, 0.25) is 0 Å². The molecule has 0 fully saturated rings. The fraction of sp³-hybridized carbons (Fsp3) is 0.125. The van der Waals surface area contributed by atoms with Gasteiger partial charge in [0.25, 0.3) is 0 Å². The lowest BCUT2D eigenvalue weighted by Gasteiger charge is -2.10. The molecule has 0 aliphatic carbocycles. The van der Waals surface area contributed by atoms with Crippen molar-refractivity contribution >= 4 is 23.2 Å². The second-order valence-corrected chi connectivity index (χ2v) is 4.48. The van der Waals surface area contributed by atoms with Crippen molar-refractivity contribution in [2.24, 2.45) is 0 Å². The molecule has 5 nitrogen and oxygen atoms in total. The van der Waals surface area contributed by atoms with Crippen molar-refractivity contribution in [2.75, 3.05) is 17.7 Å². The van der Waals surface area contributed by atoms with Crippen LogP contribution in [0.25, 0.3) is 0 Å². The largest absolute Gasteiger partial charge is 0.495 e. The highest BCUT2D eigenvalue weighted by Crippen LogP contribution is 2.22. The summed E-state index contributed by atoms with van der Waals surface area (Å²) in [4.78, 5) is 23.8. The number of ether oxygens (including phenoxy) is 1. The molecule has 5 heteroatoms. The van der Waals surface area contributed by atoms with Crippen molar-refractivity contribution in [3.63, 3.8) is 0 Å². The summed E-state index contributed by atoms with van der Waals surface area (Å²) in [7, 11) is 1.50. The van der Waals surface area contributed by atoms with Crippen molar-refractivity contribution in [2.45, 2.75) is 6.92 Å². The number of methoxy groups -OCH3 is 1. The maximum Gasteiger partial charge on any atom is 0.314 e. The molecule has 0 atom stereocenters. The highest BCUT2D eigenvalue weighted by atomic mass is 16.5. The van der Waals surface area contributed by atoms with Gasteiger partial charge in [0.2, 0.25) is 0 Å². The molecule has 108 valence electrons. The molecule has 0 heterocycles. The van der Waals surface area contributed by atoms with Gasteiger partial charge >= 0.3 is 11.8 Å². The predicted octanol–water partition coefficient (Wildman–Crippen LogP) is 2.58. The predicted molar refractivity (Wildman–Crippen MR) is 81.4 cm³/mol. The summed E-state index contributed by atoms with van der Waals surface area (Å²) in [6.07, 6.45) is 0. The van der Waals surface area contributed by atoms with E-state index in [2.05, 4.69) is 10.6 Å². The van der Waals surface area contributed by atoms with E-state index in [0.29, 0.717) is 17.1 Å². The van der Waals surface area contributed by atoms with Gasteiger partial charge in [-0.15, -0.1) is 0 Å². The SMILES string of the molecule is COc1ccccc1NC(=O)C(=O)Nc1cccc(C)c1. The van der Waals surface area contributed by atoms with Gasteiger partial charge in [-0.05, 0) is 36.8 Å². The zero-order chi connectivity index (χ0) is 15.2. The van der Waals surface area contributed by atoms with Crippen LogP contribution in [-0.4, -0.2) is 18.9 Å². The van der Waals surface area contributed by atoms with Crippen LogP contribution in [0, 0.1) is 6.92 Å². The molecule has 0 aliphatic rings. The third-order valence-corrected chi connectivity index (χ3v) is 2.84. The van der Waals surface area contributed by atoms with Gasteiger partial charge in [0.1, 0.15) is 5.75 Å². The van der Waals surface area contributed by atoms with Crippen molar-refractivity contribution in [3.05, 3.63) is 54.1 Å². The van der Waals surface area contributed by atoms with Crippen molar-refractivity contribution in [1.29, 1.82) is 0 Å². The van der Waals surface area contributed by atoms with E-state index in [1.165, 1.54) is 7.11 Å². The Balaban J connectivity index is 2.04. The first-order valence-corrected chi connectivity index (χ1v) is 6.42. The summed E-state index contributed by atoms with van der Waals surface area (Å²) >= 11 is 0. The molecule has 2 aromatic carbocycles. The lowest BCUT2D eigenvalue weighted by Crippen LogP contribution is -2.29. The lowest BCUT2D eigenvalue weighted by molar-refractivity contribution is -0.133. The van der Waals surface area contributed by atoms with E-state index in [4.69, 9.17) is 4.74 Å². The van der Waals surface area contributed by atoms with Crippen LogP contribution in [-0.2, 0) is 9.59 Å². The van der Waals surface area contributed by atoms with E-state index in [1.54, 1.807) is 36.4 Å². The molecule has 0 bridgehead atoms. The number of hydrogen-bond donors (Lipinski definition) is 2. The molecule has 2 amide bonds. The summed E-state index contributed by atoms with van der Waals surface area (Å²) in [6, 6.07) is 14.1. The number of para-hydroxylation sites is 2. The Hall–Kier alpha value is -2.82. The van der Waals surface area contributed by atoms with Gasteiger partial charge in [-0.1, -0.05) is 24.3 Å². The summed E-state index contributed by atoms with van der Waals surface area (Å²) in [5, 5.41) is 5.07. The highest BCUT2D eigenvalue weighted by Gasteiger charge is 2.15. The monoisotopic (exact) mass is 284 g/mol. The standard InChI is InChI=1S/C16H16N2O3/c1-11-6-5-7-12(10-11)17-15(19)16(20)18-13-8-3-4-9-14(13)21-2/h3-10H,1-2H3,(H,17,19)(H,18,20). The van der Waals surface area contributed by atoms with E-state index in [9.17, 15) is 9.59 Å². The number of rotatable bonds is 3. The zero-order valence-corrected chi connectivity index (χ0v) is 11.8. The van der Waals surface area contributed by atoms with Crippen molar-refractivity contribution < 1.29 is 14.3 Å². The molecule has 0 saturated carbocycles. The number of carbonyl (C=O) groups is 2. The van der Waals surface area contributed by atoms with E-state index in [0.717, 1.165) is 5.56 Å². The molecular formula is C16H16N2O3. The lowest BCUT2D eigenvalue weighted by atomic mass is 10.2. The Kier molecular flexibility index (Phi) is 4.56. The molecular weight excluding hydrogens is 268 g/mol. The number of amides is 2. The molecule has 2 N–H and O–H groups in total. The number of nitrogens with one attached hydrogen (secondary N) is 2. The molecule has 2 aromatic rings. The number of anilines is 2. The average Bonchev–Trinajstić information content (AvgIpc) is 2.47. The van der Waals surface area contributed by atoms with Gasteiger partial charge in [0.05, 0.1) is 12.8 Å². The first-order chi connectivity index (χ1) is 10.1. The molecule has 0 saturated heterocycles. The van der Waals surface area contributed by atoms with Crippen LogP contribution in [0.1, 0.15) is 5.56 Å².